The van der Waals surface area contributed by atoms with Crippen LogP contribution in [0.15, 0.2) is 132 Å². The first-order valence-electron chi connectivity index (χ1n) is 13.7. The fourth-order valence-corrected chi connectivity index (χ4v) is 6.10. The fraction of sp³-hybridized carbons (Fsp3) is 0. The Kier molecular flexibility index (Phi) is 5.22. The molecule has 0 saturated heterocycles. The first kappa shape index (κ1) is 23.8. The summed E-state index contributed by atoms with van der Waals surface area (Å²) in [6.07, 6.45) is 0. The van der Waals surface area contributed by atoms with E-state index in [1.807, 2.05) is 66.7 Å². The maximum absolute atomic E-state index is 10.0. The Labute approximate surface area is 241 Å². The zero-order valence-electron chi connectivity index (χ0n) is 22.4. The predicted octanol–water partition coefficient (Wildman–Crippen LogP) is 9.76. The minimum atomic E-state index is 0.555. The molecule has 4 nitrogen and oxygen atoms in total. The number of rotatable bonds is 3. The van der Waals surface area contributed by atoms with Crippen LogP contribution in [-0.4, -0.2) is 4.57 Å². The van der Waals surface area contributed by atoms with Crippen molar-refractivity contribution in [2.75, 3.05) is 0 Å². The van der Waals surface area contributed by atoms with Gasteiger partial charge in [0.05, 0.1) is 34.3 Å². The van der Waals surface area contributed by atoms with Gasteiger partial charge in [-0.25, -0.2) is 0 Å². The van der Waals surface area contributed by atoms with E-state index in [0.29, 0.717) is 11.1 Å². The van der Waals surface area contributed by atoms with E-state index in [9.17, 15) is 10.5 Å². The summed E-state index contributed by atoms with van der Waals surface area (Å²) in [6, 6.07) is 47.3. The van der Waals surface area contributed by atoms with E-state index in [2.05, 4.69) is 77.4 Å². The molecule has 0 spiro atoms. The number of para-hydroxylation sites is 3. The van der Waals surface area contributed by atoms with Crippen molar-refractivity contribution in [3.63, 3.8) is 0 Å². The normalized spacial score (nSPS) is 11.3. The van der Waals surface area contributed by atoms with Crippen molar-refractivity contribution in [1.82, 2.24) is 4.57 Å². The van der Waals surface area contributed by atoms with Crippen molar-refractivity contribution in [1.29, 1.82) is 10.5 Å². The van der Waals surface area contributed by atoms with Crippen LogP contribution in [0.4, 0.5) is 0 Å². The second-order valence-electron chi connectivity index (χ2n) is 10.5. The number of furan rings is 1. The number of nitrogens with zero attached hydrogens (tertiary/aromatic N) is 3. The molecule has 0 bridgehead atoms. The Morgan fingerprint density at radius 2 is 1.00 bits per heavy atom. The van der Waals surface area contributed by atoms with E-state index in [4.69, 9.17) is 4.42 Å². The monoisotopic (exact) mass is 535 g/mol. The van der Waals surface area contributed by atoms with Gasteiger partial charge in [0.25, 0.3) is 0 Å². The second kappa shape index (κ2) is 9.24. The van der Waals surface area contributed by atoms with Crippen LogP contribution in [0.2, 0.25) is 0 Å². The van der Waals surface area contributed by atoms with Gasteiger partial charge < -0.3 is 8.98 Å². The molecule has 6 aromatic carbocycles. The number of benzene rings is 6. The lowest BCUT2D eigenvalue weighted by Crippen LogP contribution is -1.96. The molecule has 0 aliphatic carbocycles. The highest BCUT2D eigenvalue weighted by Crippen LogP contribution is 2.37. The summed E-state index contributed by atoms with van der Waals surface area (Å²) in [5, 5.41) is 24.4. The van der Waals surface area contributed by atoms with Gasteiger partial charge in [-0.3, -0.25) is 0 Å². The number of aromatic nitrogens is 1. The van der Waals surface area contributed by atoms with E-state index in [1.165, 1.54) is 0 Å². The maximum atomic E-state index is 10.0. The quantitative estimate of drug-likeness (QED) is 0.226. The van der Waals surface area contributed by atoms with Crippen LogP contribution in [0.5, 0.6) is 0 Å². The molecular formula is C38H21N3O. The molecule has 42 heavy (non-hydrogen) atoms. The topological polar surface area (TPSA) is 65.7 Å². The molecule has 2 heterocycles. The third-order valence-electron chi connectivity index (χ3n) is 7.99. The van der Waals surface area contributed by atoms with Gasteiger partial charge in [0.15, 0.2) is 0 Å². The average molecular weight is 536 g/mol. The molecule has 0 N–H and O–H groups in total. The SMILES string of the molecule is N#Cc1cc(-c2cc(C#N)cc(-n3c4ccccc4c4ccccc43)c2)cc(-c2ccc3oc4ccccc4c3c2)c1. The molecule has 0 saturated carbocycles. The fourth-order valence-electron chi connectivity index (χ4n) is 6.10. The first-order valence-corrected chi connectivity index (χ1v) is 13.7. The molecule has 0 aliphatic heterocycles. The summed E-state index contributed by atoms with van der Waals surface area (Å²) < 4.78 is 8.24. The molecule has 4 heteroatoms. The Bertz CT molecular complexity index is 2390. The first-order chi connectivity index (χ1) is 20.7. The maximum Gasteiger partial charge on any atom is 0.135 e. The van der Waals surface area contributed by atoms with Crippen LogP contribution < -0.4 is 0 Å². The summed E-state index contributed by atoms with van der Waals surface area (Å²) in [5.74, 6) is 0. The Hall–Kier alpha value is -6.10. The van der Waals surface area contributed by atoms with Crippen LogP contribution in [0, 0.1) is 22.7 Å². The zero-order valence-corrected chi connectivity index (χ0v) is 22.4. The molecule has 8 rings (SSSR count). The van der Waals surface area contributed by atoms with Crippen LogP contribution in [0.3, 0.4) is 0 Å². The minimum Gasteiger partial charge on any atom is -0.456 e. The predicted molar refractivity (Wildman–Crippen MR) is 168 cm³/mol. The number of nitriles is 2. The lowest BCUT2D eigenvalue weighted by atomic mass is 9.94. The molecule has 8 aromatic rings. The lowest BCUT2D eigenvalue weighted by Gasteiger charge is -2.13. The van der Waals surface area contributed by atoms with Gasteiger partial charge in [-0.05, 0) is 89.0 Å². The lowest BCUT2D eigenvalue weighted by molar-refractivity contribution is 0.669. The molecule has 0 amide bonds. The van der Waals surface area contributed by atoms with Gasteiger partial charge in [0.2, 0.25) is 0 Å². The minimum absolute atomic E-state index is 0.555. The van der Waals surface area contributed by atoms with E-state index in [-0.39, 0.29) is 0 Å². The highest BCUT2D eigenvalue weighted by molar-refractivity contribution is 6.09. The molecule has 0 aliphatic rings. The zero-order chi connectivity index (χ0) is 28.2. The van der Waals surface area contributed by atoms with Crippen molar-refractivity contribution in [2.45, 2.75) is 0 Å². The summed E-state index contributed by atoms with van der Waals surface area (Å²) in [7, 11) is 0. The molecular weight excluding hydrogens is 514 g/mol. The van der Waals surface area contributed by atoms with Crippen molar-refractivity contribution in [3.05, 3.63) is 139 Å². The average Bonchev–Trinajstić information content (AvgIpc) is 3.59. The summed E-state index contributed by atoms with van der Waals surface area (Å²) in [4.78, 5) is 0. The number of hydrogen-bond donors (Lipinski definition) is 0. The van der Waals surface area contributed by atoms with E-state index < -0.39 is 0 Å². The summed E-state index contributed by atoms with van der Waals surface area (Å²) in [6.45, 7) is 0. The highest BCUT2D eigenvalue weighted by Gasteiger charge is 2.15. The Balaban J connectivity index is 1.33. The van der Waals surface area contributed by atoms with Crippen LogP contribution >= 0.6 is 0 Å². The van der Waals surface area contributed by atoms with E-state index in [1.54, 1.807) is 0 Å². The number of hydrogen-bond acceptors (Lipinski definition) is 3. The molecule has 2 aromatic heterocycles. The van der Waals surface area contributed by atoms with Crippen molar-refractivity contribution in [3.8, 4) is 40.1 Å². The Morgan fingerprint density at radius 1 is 0.452 bits per heavy atom. The van der Waals surface area contributed by atoms with Crippen LogP contribution in [0.1, 0.15) is 11.1 Å². The van der Waals surface area contributed by atoms with Gasteiger partial charge in [0.1, 0.15) is 11.2 Å². The molecule has 0 unspecified atom stereocenters. The van der Waals surface area contributed by atoms with Gasteiger partial charge >= 0.3 is 0 Å². The number of fused-ring (bicyclic) bond motifs is 6. The highest BCUT2D eigenvalue weighted by atomic mass is 16.3. The van der Waals surface area contributed by atoms with Gasteiger partial charge in [0, 0.05) is 27.2 Å². The third kappa shape index (κ3) is 3.68. The molecule has 194 valence electrons. The molecule has 0 radical (unpaired) electrons. The standard InChI is InChI=1S/C38H21N3O/c39-22-24-15-27(26-13-14-38-34(21-26)33-9-3-6-12-37(33)42-38)19-28(16-24)29-17-25(23-40)18-30(20-29)41-35-10-4-1-7-31(35)32-8-2-5-11-36(32)41/h1-21H. The molecule has 0 atom stereocenters. The summed E-state index contributed by atoms with van der Waals surface area (Å²) in [5.41, 5.74) is 9.51. The van der Waals surface area contributed by atoms with E-state index in [0.717, 1.165) is 71.7 Å². The largest absolute Gasteiger partial charge is 0.456 e. The van der Waals surface area contributed by atoms with Crippen molar-refractivity contribution >= 4 is 43.7 Å². The Morgan fingerprint density at radius 3 is 1.69 bits per heavy atom. The molecule has 0 fully saturated rings. The van der Waals surface area contributed by atoms with Crippen LogP contribution in [-0.2, 0) is 0 Å². The van der Waals surface area contributed by atoms with Gasteiger partial charge in [-0.1, -0.05) is 60.7 Å². The van der Waals surface area contributed by atoms with Gasteiger partial charge in [-0.15, -0.1) is 0 Å². The van der Waals surface area contributed by atoms with E-state index >= 15 is 0 Å². The van der Waals surface area contributed by atoms with Crippen LogP contribution in [0.25, 0.3) is 71.7 Å². The third-order valence-corrected chi connectivity index (χ3v) is 7.99. The summed E-state index contributed by atoms with van der Waals surface area (Å²) >= 11 is 0. The van der Waals surface area contributed by atoms with Gasteiger partial charge in [-0.2, -0.15) is 10.5 Å². The smallest absolute Gasteiger partial charge is 0.135 e. The van der Waals surface area contributed by atoms with Crippen molar-refractivity contribution < 1.29 is 4.42 Å². The van der Waals surface area contributed by atoms with Crippen molar-refractivity contribution in [2.24, 2.45) is 0 Å². The second-order valence-corrected chi connectivity index (χ2v) is 10.5.